The van der Waals surface area contributed by atoms with Crippen molar-refractivity contribution in [1.29, 1.82) is 0 Å². The summed E-state index contributed by atoms with van der Waals surface area (Å²) in [5.41, 5.74) is 1.41. The molecule has 3 aromatic rings. The van der Waals surface area contributed by atoms with Gasteiger partial charge in [-0.1, -0.05) is 26.8 Å². The third kappa shape index (κ3) is 6.47. The third-order valence-corrected chi connectivity index (χ3v) is 8.73. The fourth-order valence-electron chi connectivity index (χ4n) is 6.45. The first-order valence-corrected chi connectivity index (χ1v) is 15.1. The number of nitrogens with zero attached hydrogens (tertiary/aromatic N) is 3. The number of likely N-dealkylation sites (tertiary alicyclic amines) is 1. The van der Waals surface area contributed by atoms with E-state index in [2.05, 4.69) is 31.0 Å². The van der Waals surface area contributed by atoms with Crippen molar-refractivity contribution in [3.8, 4) is 17.2 Å². The lowest BCUT2D eigenvalue weighted by molar-refractivity contribution is 0.0131. The Labute approximate surface area is 257 Å². The number of carboxylic acid groups (broad SMARTS) is 1. The summed E-state index contributed by atoms with van der Waals surface area (Å²) in [4.78, 5) is 42.3. The number of ether oxygens (including phenoxy) is 3. The minimum atomic E-state index is -0.950. The van der Waals surface area contributed by atoms with Gasteiger partial charge in [0.05, 0.1) is 18.2 Å². The number of carbonyl (C=O) groups is 2. The summed E-state index contributed by atoms with van der Waals surface area (Å²) in [6.07, 6.45) is 0.385. The molecule has 5 rings (SSSR count). The molecule has 0 aliphatic carbocycles. The second-order valence-electron chi connectivity index (χ2n) is 12.5. The second-order valence-corrected chi connectivity index (χ2v) is 12.5. The minimum Gasteiger partial charge on any atom is -0.497 e. The van der Waals surface area contributed by atoms with Gasteiger partial charge in [0, 0.05) is 62.8 Å². The Morgan fingerprint density at radius 3 is 2.50 bits per heavy atom. The molecule has 2 N–H and O–H groups in total. The van der Waals surface area contributed by atoms with Crippen molar-refractivity contribution in [2.24, 2.45) is 5.41 Å². The van der Waals surface area contributed by atoms with Crippen LogP contribution in [0.3, 0.4) is 0 Å². The standard InChI is InChI=1S/C33H42N4O7/c1-33(2,3)29-17-22(37(32(40)41)20-21-6-9-27-28(16-21)44-15-14-43-27)10-11-35(29)12-13-36-26-18-23(42-5)7-8-24(26)25(19-30(36)38)31(39)34-4/h6-9,16,18-19,22,29H,10-15,17,20H2,1-5H3,(H,34,39)(H,40,41). The number of aromatic nitrogens is 1. The zero-order chi connectivity index (χ0) is 31.6. The van der Waals surface area contributed by atoms with Crippen molar-refractivity contribution in [3.63, 3.8) is 0 Å². The van der Waals surface area contributed by atoms with Crippen LogP contribution < -0.4 is 25.1 Å². The van der Waals surface area contributed by atoms with E-state index in [1.54, 1.807) is 41.8 Å². The number of nitrogens with one attached hydrogen (secondary N) is 1. The lowest BCUT2D eigenvalue weighted by Gasteiger charge is -2.48. The van der Waals surface area contributed by atoms with Gasteiger partial charge in [-0.15, -0.1) is 0 Å². The molecule has 1 aromatic heterocycles. The molecule has 0 saturated carbocycles. The molecule has 0 radical (unpaired) electrons. The van der Waals surface area contributed by atoms with Crippen LogP contribution in [-0.2, 0) is 13.1 Å². The number of piperidine rings is 1. The molecule has 1 fully saturated rings. The first-order chi connectivity index (χ1) is 21.0. The molecule has 0 spiro atoms. The van der Waals surface area contributed by atoms with Crippen molar-refractivity contribution in [1.82, 2.24) is 19.7 Å². The zero-order valence-corrected chi connectivity index (χ0v) is 26.1. The molecule has 3 heterocycles. The van der Waals surface area contributed by atoms with Crippen molar-refractivity contribution in [3.05, 3.63) is 63.9 Å². The molecular formula is C33H42N4O7. The molecule has 2 unspecified atom stereocenters. The van der Waals surface area contributed by atoms with Gasteiger partial charge in [-0.2, -0.15) is 0 Å². The van der Waals surface area contributed by atoms with Gasteiger partial charge in [0.25, 0.3) is 11.5 Å². The van der Waals surface area contributed by atoms with Crippen LogP contribution in [0.4, 0.5) is 4.79 Å². The van der Waals surface area contributed by atoms with Crippen LogP contribution in [0.25, 0.3) is 10.9 Å². The molecule has 11 nitrogen and oxygen atoms in total. The normalized spacial score (nSPS) is 18.6. The lowest BCUT2D eigenvalue weighted by atomic mass is 9.78. The summed E-state index contributed by atoms with van der Waals surface area (Å²) < 4.78 is 18.5. The van der Waals surface area contributed by atoms with Crippen molar-refractivity contribution < 1.29 is 28.9 Å². The van der Waals surface area contributed by atoms with Crippen LogP contribution in [0.2, 0.25) is 0 Å². The third-order valence-electron chi connectivity index (χ3n) is 8.73. The molecule has 0 bridgehead atoms. The highest BCUT2D eigenvalue weighted by molar-refractivity contribution is 6.06. The van der Waals surface area contributed by atoms with Gasteiger partial charge in [-0.25, -0.2) is 4.79 Å². The van der Waals surface area contributed by atoms with E-state index in [4.69, 9.17) is 14.2 Å². The number of rotatable bonds is 8. The maximum Gasteiger partial charge on any atom is 0.407 e. The molecule has 2 aliphatic rings. The van der Waals surface area contributed by atoms with E-state index in [1.807, 2.05) is 18.2 Å². The summed E-state index contributed by atoms with van der Waals surface area (Å²) in [6.45, 7) is 9.43. The summed E-state index contributed by atoms with van der Waals surface area (Å²) in [5.74, 6) is 1.60. The molecule has 2 atom stereocenters. The van der Waals surface area contributed by atoms with E-state index in [1.165, 1.54) is 6.07 Å². The van der Waals surface area contributed by atoms with E-state index < -0.39 is 6.09 Å². The number of carbonyl (C=O) groups excluding carboxylic acids is 1. The number of hydrogen-bond donors (Lipinski definition) is 2. The molecule has 1 saturated heterocycles. The van der Waals surface area contributed by atoms with Gasteiger partial charge in [0.15, 0.2) is 11.5 Å². The van der Waals surface area contributed by atoms with Gasteiger partial charge < -0.3 is 34.1 Å². The Balaban J connectivity index is 1.37. The quantitative estimate of drug-likeness (QED) is 0.391. The molecule has 2 aliphatic heterocycles. The molecular weight excluding hydrogens is 564 g/mol. The number of pyridine rings is 1. The van der Waals surface area contributed by atoms with Gasteiger partial charge in [0.1, 0.15) is 19.0 Å². The molecule has 2 aromatic carbocycles. The number of fused-ring (bicyclic) bond motifs is 2. The van der Waals surface area contributed by atoms with E-state index in [0.29, 0.717) is 79.4 Å². The van der Waals surface area contributed by atoms with Gasteiger partial charge in [0.2, 0.25) is 0 Å². The van der Waals surface area contributed by atoms with Crippen LogP contribution in [0.1, 0.15) is 49.5 Å². The molecule has 236 valence electrons. The summed E-state index contributed by atoms with van der Waals surface area (Å²) >= 11 is 0. The Morgan fingerprint density at radius 1 is 1.07 bits per heavy atom. The van der Waals surface area contributed by atoms with Crippen LogP contribution in [0.5, 0.6) is 17.2 Å². The lowest BCUT2D eigenvalue weighted by Crippen LogP contribution is -2.55. The van der Waals surface area contributed by atoms with Crippen molar-refractivity contribution in [2.75, 3.05) is 40.5 Å². The predicted molar refractivity (Wildman–Crippen MR) is 167 cm³/mol. The Bertz CT molecular complexity index is 1600. The average Bonchev–Trinajstić information content (AvgIpc) is 3.01. The predicted octanol–water partition coefficient (Wildman–Crippen LogP) is 4.20. The number of hydrogen-bond acceptors (Lipinski definition) is 7. The second kappa shape index (κ2) is 12.8. The molecule has 44 heavy (non-hydrogen) atoms. The smallest absolute Gasteiger partial charge is 0.407 e. The summed E-state index contributed by atoms with van der Waals surface area (Å²) in [7, 11) is 3.11. The Hall–Kier alpha value is -4.25. The van der Waals surface area contributed by atoms with E-state index >= 15 is 0 Å². The fraction of sp³-hybridized carbons (Fsp3) is 0.485. The zero-order valence-electron chi connectivity index (χ0n) is 26.1. The van der Waals surface area contributed by atoms with Crippen molar-refractivity contribution >= 4 is 22.9 Å². The maximum absolute atomic E-state index is 13.3. The number of amides is 2. The van der Waals surface area contributed by atoms with Gasteiger partial charge >= 0.3 is 6.09 Å². The number of methoxy groups -OCH3 is 1. The summed E-state index contributed by atoms with van der Waals surface area (Å²) in [5, 5.41) is 13.6. The van der Waals surface area contributed by atoms with Crippen molar-refractivity contribution in [2.45, 2.75) is 58.8 Å². The minimum absolute atomic E-state index is 0.0741. The number of benzene rings is 2. The highest BCUT2D eigenvalue weighted by Gasteiger charge is 2.39. The van der Waals surface area contributed by atoms with E-state index in [9.17, 15) is 19.5 Å². The highest BCUT2D eigenvalue weighted by Crippen LogP contribution is 2.36. The maximum atomic E-state index is 13.3. The molecule has 2 amide bonds. The van der Waals surface area contributed by atoms with Gasteiger partial charge in [-0.05, 0) is 48.1 Å². The highest BCUT2D eigenvalue weighted by atomic mass is 16.6. The van der Waals surface area contributed by atoms with Crippen LogP contribution in [-0.4, -0.2) is 84.0 Å². The first-order valence-electron chi connectivity index (χ1n) is 15.1. The average molecular weight is 607 g/mol. The Morgan fingerprint density at radius 2 is 1.82 bits per heavy atom. The topological polar surface area (TPSA) is 123 Å². The SMILES string of the molecule is CNC(=O)c1cc(=O)n(CCN2CCC(N(Cc3ccc4c(c3)OCCO4)C(=O)O)CC2C(C)(C)C)c2cc(OC)ccc12. The monoisotopic (exact) mass is 606 g/mol. The van der Waals surface area contributed by atoms with Gasteiger partial charge in [-0.3, -0.25) is 14.5 Å². The molecule has 11 heteroatoms. The summed E-state index contributed by atoms with van der Waals surface area (Å²) in [6, 6.07) is 12.3. The van der Waals surface area contributed by atoms with E-state index in [-0.39, 0.29) is 35.5 Å². The van der Waals surface area contributed by atoms with E-state index in [0.717, 1.165) is 5.56 Å². The van der Waals surface area contributed by atoms with Crippen LogP contribution >= 0.6 is 0 Å². The van der Waals surface area contributed by atoms with Crippen LogP contribution in [0.15, 0.2) is 47.3 Å². The first kappa shape index (κ1) is 31.2. The largest absolute Gasteiger partial charge is 0.497 e. The Kier molecular flexibility index (Phi) is 9.05. The van der Waals surface area contributed by atoms with Crippen LogP contribution in [0, 0.1) is 5.41 Å². The fourth-order valence-corrected chi connectivity index (χ4v) is 6.45.